The Labute approximate surface area is 144 Å². The van der Waals surface area contributed by atoms with Crippen molar-refractivity contribution in [3.63, 3.8) is 0 Å². The third kappa shape index (κ3) is 4.23. The van der Waals surface area contributed by atoms with Gasteiger partial charge in [0.05, 0.1) is 12.8 Å². The van der Waals surface area contributed by atoms with E-state index in [2.05, 4.69) is 47.1 Å². The molecule has 1 fully saturated rings. The number of nitrogens with zero attached hydrogens (tertiary/aromatic N) is 4. The second-order valence-corrected chi connectivity index (χ2v) is 6.90. The summed E-state index contributed by atoms with van der Waals surface area (Å²) in [5.74, 6) is 0. The SMILES string of the molecule is CC(C)n1cc(CN2CCN(Cc3ccccc3CO)CC2)cn1. The molecule has 0 atom stereocenters. The molecule has 0 unspecified atom stereocenters. The van der Waals surface area contributed by atoms with Crippen LogP contribution in [0, 0.1) is 0 Å². The van der Waals surface area contributed by atoms with Crippen molar-refractivity contribution in [1.82, 2.24) is 19.6 Å². The quantitative estimate of drug-likeness (QED) is 0.883. The lowest BCUT2D eigenvalue weighted by molar-refractivity contribution is 0.121. The van der Waals surface area contributed by atoms with Crippen molar-refractivity contribution < 1.29 is 5.11 Å². The average Bonchev–Trinajstić information content (AvgIpc) is 3.06. The fourth-order valence-electron chi connectivity index (χ4n) is 3.21. The summed E-state index contributed by atoms with van der Waals surface area (Å²) in [7, 11) is 0. The van der Waals surface area contributed by atoms with Crippen LogP contribution in [-0.4, -0.2) is 50.9 Å². The van der Waals surface area contributed by atoms with E-state index in [4.69, 9.17) is 0 Å². The number of aliphatic hydroxyl groups is 1. The van der Waals surface area contributed by atoms with Crippen molar-refractivity contribution in [3.05, 3.63) is 53.3 Å². The number of hydrogen-bond donors (Lipinski definition) is 1. The molecule has 2 heterocycles. The van der Waals surface area contributed by atoms with Gasteiger partial charge in [-0.05, 0) is 25.0 Å². The van der Waals surface area contributed by atoms with Gasteiger partial charge in [0.2, 0.25) is 0 Å². The molecule has 0 bridgehead atoms. The Morgan fingerprint density at radius 3 is 2.21 bits per heavy atom. The van der Waals surface area contributed by atoms with E-state index < -0.39 is 0 Å². The van der Waals surface area contributed by atoms with Crippen LogP contribution in [-0.2, 0) is 19.7 Å². The molecule has 5 heteroatoms. The lowest BCUT2D eigenvalue weighted by Crippen LogP contribution is -2.45. The maximum Gasteiger partial charge on any atom is 0.0685 e. The Morgan fingerprint density at radius 1 is 1.00 bits per heavy atom. The van der Waals surface area contributed by atoms with Crippen LogP contribution in [0.15, 0.2) is 36.7 Å². The van der Waals surface area contributed by atoms with Crippen LogP contribution in [0.4, 0.5) is 0 Å². The fraction of sp³-hybridized carbons (Fsp3) is 0.526. The Bertz CT molecular complexity index is 644. The summed E-state index contributed by atoms with van der Waals surface area (Å²) in [5.41, 5.74) is 3.58. The molecule has 24 heavy (non-hydrogen) atoms. The van der Waals surface area contributed by atoms with Crippen molar-refractivity contribution in [2.45, 2.75) is 39.6 Å². The number of hydrogen-bond acceptors (Lipinski definition) is 4. The van der Waals surface area contributed by atoms with Crippen LogP contribution in [0.1, 0.15) is 36.6 Å². The van der Waals surface area contributed by atoms with Gasteiger partial charge in [0, 0.05) is 57.1 Å². The highest BCUT2D eigenvalue weighted by Gasteiger charge is 2.18. The second-order valence-electron chi connectivity index (χ2n) is 6.90. The van der Waals surface area contributed by atoms with E-state index in [0.29, 0.717) is 6.04 Å². The molecule has 0 aliphatic carbocycles. The maximum absolute atomic E-state index is 9.46. The molecule has 1 aromatic carbocycles. The van der Waals surface area contributed by atoms with Crippen LogP contribution in [0.5, 0.6) is 0 Å². The van der Waals surface area contributed by atoms with Gasteiger partial charge in [-0.25, -0.2) is 0 Å². The minimum Gasteiger partial charge on any atom is -0.392 e. The molecular formula is C19H28N4O. The standard InChI is InChI=1S/C19H28N4O/c1-16(2)23-13-17(11-20-23)12-21-7-9-22(10-8-21)14-18-5-3-4-6-19(18)15-24/h3-6,11,13,16,24H,7-10,12,14-15H2,1-2H3. The van der Waals surface area contributed by atoms with E-state index >= 15 is 0 Å². The summed E-state index contributed by atoms with van der Waals surface area (Å²) in [6.45, 7) is 10.6. The molecule has 1 aliphatic heterocycles. The van der Waals surface area contributed by atoms with E-state index in [1.807, 2.05) is 23.0 Å². The van der Waals surface area contributed by atoms with Crippen molar-refractivity contribution in [1.29, 1.82) is 0 Å². The predicted molar refractivity (Wildman–Crippen MR) is 95.5 cm³/mol. The van der Waals surface area contributed by atoms with E-state index in [0.717, 1.165) is 44.8 Å². The van der Waals surface area contributed by atoms with Crippen LogP contribution < -0.4 is 0 Å². The molecule has 3 rings (SSSR count). The van der Waals surface area contributed by atoms with Crippen LogP contribution in [0.25, 0.3) is 0 Å². The summed E-state index contributed by atoms with van der Waals surface area (Å²) in [5, 5.41) is 13.9. The Kier molecular flexibility index (Phi) is 5.66. The first kappa shape index (κ1) is 17.1. The van der Waals surface area contributed by atoms with Gasteiger partial charge in [-0.2, -0.15) is 5.10 Å². The lowest BCUT2D eigenvalue weighted by Gasteiger charge is -2.34. The van der Waals surface area contributed by atoms with E-state index in [1.165, 1.54) is 11.1 Å². The third-order valence-electron chi connectivity index (χ3n) is 4.74. The summed E-state index contributed by atoms with van der Waals surface area (Å²) in [6, 6.07) is 8.60. The summed E-state index contributed by atoms with van der Waals surface area (Å²) < 4.78 is 2.03. The van der Waals surface area contributed by atoms with Gasteiger partial charge in [-0.15, -0.1) is 0 Å². The zero-order valence-electron chi connectivity index (χ0n) is 14.7. The molecule has 1 saturated heterocycles. The zero-order chi connectivity index (χ0) is 16.9. The van der Waals surface area contributed by atoms with Crippen molar-refractivity contribution >= 4 is 0 Å². The van der Waals surface area contributed by atoms with Crippen LogP contribution >= 0.6 is 0 Å². The van der Waals surface area contributed by atoms with E-state index in [1.54, 1.807) is 0 Å². The summed E-state index contributed by atoms with van der Waals surface area (Å²) >= 11 is 0. The molecule has 1 aromatic heterocycles. The zero-order valence-corrected chi connectivity index (χ0v) is 14.7. The van der Waals surface area contributed by atoms with Gasteiger partial charge in [0.25, 0.3) is 0 Å². The number of aromatic nitrogens is 2. The average molecular weight is 328 g/mol. The Morgan fingerprint density at radius 2 is 1.62 bits per heavy atom. The normalized spacial score (nSPS) is 16.8. The second kappa shape index (κ2) is 7.92. The highest BCUT2D eigenvalue weighted by Crippen LogP contribution is 2.15. The highest BCUT2D eigenvalue weighted by molar-refractivity contribution is 5.26. The van der Waals surface area contributed by atoms with Gasteiger partial charge in [0.1, 0.15) is 0 Å². The fourth-order valence-corrected chi connectivity index (χ4v) is 3.21. The number of piperazine rings is 1. The maximum atomic E-state index is 9.46. The molecule has 5 nitrogen and oxygen atoms in total. The molecule has 0 saturated carbocycles. The topological polar surface area (TPSA) is 44.5 Å². The number of benzene rings is 1. The molecular weight excluding hydrogens is 300 g/mol. The van der Waals surface area contributed by atoms with Gasteiger partial charge < -0.3 is 5.11 Å². The molecule has 2 aromatic rings. The van der Waals surface area contributed by atoms with Crippen molar-refractivity contribution in [2.24, 2.45) is 0 Å². The Hall–Kier alpha value is -1.69. The third-order valence-corrected chi connectivity index (χ3v) is 4.74. The first-order valence-electron chi connectivity index (χ1n) is 8.81. The van der Waals surface area contributed by atoms with Gasteiger partial charge in [-0.3, -0.25) is 14.5 Å². The lowest BCUT2D eigenvalue weighted by atomic mass is 10.1. The number of aliphatic hydroxyl groups excluding tert-OH is 1. The molecule has 0 spiro atoms. The smallest absolute Gasteiger partial charge is 0.0685 e. The molecule has 130 valence electrons. The van der Waals surface area contributed by atoms with Crippen molar-refractivity contribution in [3.8, 4) is 0 Å². The van der Waals surface area contributed by atoms with Crippen molar-refractivity contribution in [2.75, 3.05) is 26.2 Å². The van der Waals surface area contributed by atoms with E-state index in [9.17, 15) is 5.11 Å². The first-order valence-corrected chi connectivity index (χ1v) is 8.81. The number of rotatable bonds is 6. The summed E-state index contributed by atoms with van der Waals surface area (Å²) in [6.07, 6.45) is 4.15. The summed E-state index contributed by atoms with van der Waals surface area (Å²) in [4.78, 5) is 4.97. The van der Waals surface area contributed by atoms with E-state index in [-0.39, 0.29) is 6.61 Å². The largest absolute Gasteiger partial charge is 0.392 e. The highest BCUT2D eigenvalue weighted by atomic mass is 16.3. The Balaban J connectivity index is 1.50. The minimum absolute atomic E-state index is 0.121. The van der Waals surface area contributed by atoms with Gasteiger partial charge >= 0.3 is 0 Å². The monoisotopic (exact) mass is 328 g/mol. The molecule has 0 amide bonds. The van der Waals surface area contributed by atoms with Crippen LogP contribution in [0.3, 0.4) is 0 Å². The predicted octanol–water partition coefficient (Wildman–Crippen LogP) is 2.27. The van der Waals surface area contributed by atoms with Gasteiger partial charge in [-0.1, -0.05) is 24.3 Å². The molecule has 1 aliphatic rings. The molecule has 1 N–H and O–H groups in total. The first-order chi connectivity index (χ1) is 11.7. The van der Waals surface area contributed by atoms with Crippen LogP contribution in [0.2, 0.25) is 0 Å². The minimum atomic E-state index is 0.121. The van der Waals surface area contributed by atoms with Gasteiger partial charge in [0.15, 0.2) is 0 Å². The molecule has 0 radical (unpaired) electrons.